The van der Waals surface area contributed by atoms with Crippen LogP contribution in [0, 0.1) is 23.2 Å². The van der Waals surface area contributed by atoms with E-state index < -0.39 is 0 Å². The van der Waals surface area contributed by atoms with E-state index in [-0.39, 0.29) is 5.91 Å². The summed E-state index contributed by atoms with van der Waals surface area (Å²) in [5, 5.41) is 15.5. The average Bonchev–Trinajstić information content (AvgIpc) is 3.34. The Morgan fingerprint density at radius 2 is 1.96 bits per heavy atom. The second kappa shape index (κ2) is 7.71. The van der Waals surface area contributed by atoms with E-state index >= 15 is 0 Å². The molecular weight excluding hydrogens is 392 g/mol. The maximum atomic E-state index is 12.4. The molecule has 2 aromatic heterocycles. The third-order valence-electron chi connectivity index (χ3n) is 6.55. The number of nitrogens with one attached hydrogen (secondary N) is 2. The van der Waals surface area contributed by atoms with Crippen LogP contribution in [-0.2, 0) is 11.3 Å². The first kappa shape index (κ1) is 18.5. The summed E-state index contributed by atoms with van der Waals surface area (Å²) < 4.78 is 6.10. The van der Waals surface area contributed by atoms with Crippen molar-refractivity contribution in [2.75, 3.05) is 17.6 Å². The van der Waals surface area contributed by atoms with Crippen molar-refractivity contribution >= 4 is 34.1 Å². The minimum atomic E-state index is 0.112. The number of aromatic nitrogens is 2. The van der Waals surface area contributed by atoms with E-state index in [1.165, 1.54) is 61.6 Å². The summed E-state index contributed by atoms with van der Waals surface area (Å²) in [4.78, 5) is 12.4. The van der Waals surface area contributed by atoms with Crippen molar-refractivity contribution in [1.82, 2.24) is 15.5 Å². The second-order valence-electron chi connectivity index (χ2n) is 8.79. The SMILES string of the molecule is O=C(CSc1nnc(NCc2ccco2)s1)NCC12CC3CC(CC(C3)C1)C2. The van der Waals surface area contributed by atoms with Crippen LogP contribution < -0.4 is 10.6 Å². The first-order valence-electron chi connectivity index (χ1n) is 10.2. The van der Waals surface area contributed by atoms with Crippen LogP contribution in [0.3, 0.4) is 0 Å². The Bertz CT molecular complexity index is 785. The summed E-state index contributed by atoms with van der Waals surface area (Å²) in [7, 11) is 0. The molecule has 4 saturated carbocycles. The molecule has 0 unspecified atom stereocenters. The minimum absolute atomic E-state index is 0.112. The molecule has 2 N–H and O–H groups in total. The molecule has 0 radical (unpaired) electrons. The monoisotopic (exact) mass is 418 g/mol. The predicted molar refractivity (Wildman–Crippen MR) is 110 cm³/mol. The van der Waals surface area contributed by atoms with Crippen molar-refractivity contribution in [1.29, 1.82) is 0 Å². The first-order chi connectivity index (χ1) is 13.7. The van der Waals surface area contributed by atoms with Crippen LogP contribution in [0.5, 0.6) is 0 Å². The van der Waals surface area contributed by atoms with Crippen LogP contribution in [0.15, 0.2) is 27.2 Å². The van der Waals surface area contributed by atoms with Crippen molar-refractivity contribution in [2.24, 2.45) is 23.2 Å². The molecular formula is C20H26N4O2S2. The molecule has 150 valence electrons. The molecule has 8 heteroatoms. The molecule has 4 aliphatic carbocycles. The Hall–Kier alpha value is -1.54. The van der Waals surface area contributed by atoms with Crippen LogP contribution in [0.2, 0.25) is 0 Å². The Balaban J connectivity index is 1.07. The van der Waals surface area contributed by atoms with Gasteiger partial charge < -0.3 is 15.1 Å². The Morgan fingerprint density at radius 3 is 2.64 bits per heavy atom. The standard InChI is InChI=1S/C20H26N4O2S2/c25-17(22-12-20-7-13-4-14(8-20)6-15(5-13)9-20)11-27-19-24-23-18(28-19)21-10-16-2-1-3-26-16/h1-3,13-15H,4-12H2,(H,21,23)(H,22,25). The number of nitrogens with zero attached hydrogens (tertiary/aromatic N) is 2. The van der Waals surface area contributed by atoms with Gasteiger partial charge in [0.05, 0.1) is 18.6 Å². The predicted octanol–water partition coefficient (Wildman–Crippen LogP) is 4.17. The van der Waals surface area contributed by atoms with Gasteiger partial charge in [0.1, 0.15) is 5.76 Å². The summed E-state index contributed by atoms with van der Waals surface area (Å²) in [6.07, 6.45) is 9.96. The lowest BCUT2D eigenvalue weighted by atomic mass is 9.49. The third-order valence-corrected chi connectivity index (χ3v) is 8.57. The normalized spacial score (nSPS) is 30.5. The summed E-state index contributed by atoms with van der Waals surface area (Å²) in [6.45, 7) is 1.44. The van der Waals surface area contributed by atoms with E-state index in [1.54, 1.807) is 6.26 Å². The maximum absolute atomic E-state index is 12.4. The lowest BCUT2D eigenvalue weighted by Gasteiger charge is -2.56. The number of furan rings is 1. The van der Waals surface area contributed by atoms with Crippen molar-refractivity contribution < 1.29 is 9.21 Å². The molecule has 4 aliphatic rings. The highest BCUT2D eigenvalue weighted by Gasteiger charge is 2.50. The highest BCUT2D eigenvalue weighted by Crippen LogP contribution is 2.59. The molecule has 0 aliphatic heterocycles. The third kappa shape index (κ3) is 4.08. The summed E-state index contributed by atoms with van der Waals surface area (Å²) in [6, 6.07) is 3.78. The molecule has 2 heterocycles. The Labute approximate surface area is 173 Å². The number of carbonyl (C=O) groups is 1. The molecule has 2 aromatic rings. The maximum Gasteiger partial charge on any atom is 0.230 e. The van der Waals surface area contributed by atoms with Crippen LogP contribution in [0.25, 0.3) is 0 Å². The molecule has 4 bridgehead atoms. The van der Waals surface area contributed by atoms with Gasteiger partial charge in [-0.1, -0.05) is 23.1 Å². The number of thioether (sulfide) groups is 1. The first-order valence-corrected chi connectivity index (χ1v) is 12.0. The van der Waals surface area contributed by atoms with Gasteiger partial charge >= 0.3 is 0 Å². The van der Waals surface area contributed by atoms with Crippen LogP contribution in [-0.4, -0.2) is 28.4 Å². The van der Waals surface area contributed by atoms with Crippen molar-refractivity contribution in [3.63, 3.8) is 0 Å². The molecule has 0 saturated heterocycles. The molecule has 6 nitrogen and oxygen atoms in total. The Morgan fingerprint density at radius 1 is 1.21 bits per heavy atom. The number of rotatable bonds is 8. The summed E-state index contributed by atoms with van der Waals surface area (Å²) in [5.41, 5.74) is 0.390. The fourth-order valence-electron chi connectivity index (χ4n) is 5.89. The van der Waals surface area contributed by atoms with Gasteiger partial charge in [0, 0.05) is 6.54 Å². The molecule has 0 aromatic carbocycles. The van der Waals surface area contributed by atoms with Gasteiger partial charge in [-0.2, -0.15) is 0 Å². The largest absolute Gasteiger partial charge is 0.467 e. The number of amides is 1. The summed E-state index contributed by atoms with van der Waals surface area (Å²) in [5.74, 6) is 4.14. The smallest absolute Gasteiger partial charge is 0.230 e. The van der Waals surface area contributed by atoms with Crippen LogP contribution in [0.1, 0.15) is 44.3 Å². The highest BCUT2D eigenvalue weighted by molar-refractivity contribution is 8.01. The summed E-state index contributed by atoms with van der Waals surface area (Å²) >= 11 is 2.93. The van der Waals surface area contributed by atoms with Gasteiger partial charge in [0.25, 0.3) is 0 Å². The second-order valence-corrected chi connectivity index (χ2v) is 11.0. The lowest BCUT2D eigenvalue weighted by Crippen LogP contribution is -2.51. The lowest BCUT2D eigenvalue weighted by molar-refractivity contribution is -0.120. The quantitative estimate of drug-likeness (QED) is 0.627. The number of hydrogen-bond acceptors (Lipinski definition) is 7. The van der Waals surface area contributed by atoms with Crippen LogP contribution >= 0.6 is 23.1 Å². The van der Waals surface area contributed by atoms with Crippen LogP contribution in [0.4, 0.5) is 5.13 Å². The topological polar surface area (TPSA) is 80.1 Å². The molecule has 4 fully saturated rings. The van der Waals surface area contributed by atoms with E-state index in [4.69, 9.17) is 4.42 Å². The van der Waals surface area contributed by atoms with Crippen molar-refractivity contribution in [3.8, 4) is 0 Å². The van der Waals surface area contributed by atoms with E-state index in [1.807, 2.05) is 12.1 Å². The van der Waals surface area contributed by atoms with Gasteiger partial charge in [0.15, 0.2) is 4.34 Å². The van der Waals surface area contributed by atoms with Gasteiger partial charge in [-0.3, -0.25) is 4.79 Å². The molecule has 6 rings (SSSR count). The molecule has 0 atom stereocenters. The van der Waals surface area contributed by atoms with E-state index in [2.05, 4.69) is 20.8 Å². The number of hydrogen-bond donors (Lipinski definition) is 2. The van der Waals surface area contributed by atoms with E-state index in [0.717, 1.165) is 39.5 Å². The van der Waals surface area contributed by atoms with Gasteiger partial charge in [0.2, 0.25) is 11.0 Å². The average molecular weight is 419 g/mol. The zero-order chi connectivity index (χ0) is 19.0. The number of anilines is 1. The van der Waals surface area contributed by atoms with Crippen molar-refractivity contribution in [3.05, 3.63) is 24.2 Å². The molecule has 28 heavy (non-hydrogen) atoms. The Kier molecular flexibility index (Phi) is 5.09. The highest BCUT2D eigenvalue weighted by atomic mass is 32.2. The fourth-order valence-corrected chi connectivity index (χ4v) is 7.46. The van der Waals surface area contributed by atoms with E-state index in [9.17, 15) is 4.79 Å². The zero-order valence-corrected chi connectivity index (χ0v) is 17.5. The van der Waals surface area contributed by atoms with Gasteiger partial charge in [-0.25, -0.2) is 0 Å². The zero-order valence-electron chi connectivity index (χ0n) is 15.9. The van der Waals surface area contributed by atoms with Gasteiger partial charge in [-0.15, -0.1) is 10.2 Å². The molecule has 0 spiro atoms. The van der Waals surface area contributed by atoms with Gasteiger partial charge in [-0.05, 0) is 73.8 Å². The molecule has 1 amide bonds. The fraction of sp³-hybridized carbons (Fsp3) is 0.650. The minimum Gasteiger partial charge on any atom is -0.467 e. The number of carbonyl (C=O) groups excluding carboxylic acids is 1. The van der Waals surface area contributed by atoms with E-state index in [0.29, 0.717) is 17.7 Å². The van der Waals surface area contributed by atoms with Crippen molar-refractivity contribution in [2.45, 2.75) is 49.4 Å².